The molecule has 0 amide bonds. The van der Waals surface area contributed by atoms with E-state index in [0.717, 1.165) is 18.2 Å². The van der Waals surface area contributed by atoms with Crippen molar-refractivity contribution in [2.45, 2.75) is 0 Å². The maximum Gasteiger partial charge on any atom is 0.197 e. The molecule has 2 nitrogen and oxygen atoms in total. The normalized spacial score (nSPS) is 10.3. The molecule has 0 N–H and O–H groups in total. The predicted octanol–water partition coefficient (Wildman–Crippen LogP) is 3.18. The van der Waals surface area contributed by atoms with Crippen molar-refractivity contribution in [3.63, 3.8) is 0 Å². The SMILES string of the molecule is Fc1ccc(F)c(-c2ccnc(Br)n2)c1. The van der Waals surface area contributed by atoms with Gasteiger partial charge in [-0.05, 0) is 40.2 Å². The average Bonchev–Trinajstić information content (AvgIpc) is 2.22. The van der Waals surface area contributed by atoms with Crippen molar-refractivity contribution in [3.8, 4) is 11.3 Å². The van der Waals surface area contributed by atoms with Crippen molar-refractivity contribution < 1.29 is 8.78 Å². The summed E-state index contributed by atoms with van der Waals surface area (Å²) in [6.07, 6.45) is 1.47. The zero-order chi connectivity index (χ0) is 10.8. The summed E-state index contributed by atoms with van der Waals surface area (Å²) < 4.78 is 26.6. The Labute approximate surface area is 93.1 Å². The third kappa shape index (κ3) is 2.18. The highest BCUT2D eigenvalue weighted by molar-refractivity contribution is 9.10. The molecule has 2 rings (SSSR count). The maximum absolute atomic E-state index is 13.3. The highest BCUT2D eigenvalue weighted by Crippen LogP contribution is 2.22. The Hall–Kier alpha value is -1.36. The van der Waals surface area contributed by atoms with Gasteiger partial charge in [0, 0.05) is 11.8 Å². The lowest BCUT2D eigenvalue weighted by molar-refractivity contribution is 0.602. The standard InChI is InChI=1S/C10H5BrF2N2/c11-10-14-4-3-9(15-10)7-5-6(12)1-2-8(7)13/h1-5H. The van der Waals surface area contributed by atoms with Gasteiger partial charge >= 0.3 is 0 Å². The van der Waals surface area contributed by atoms with Crippen LogP contribution in [-0.2, 0) is 0 Å². The molecule has 0 spiro atoms. The molecule has 1 aromatic heterocycles. The van der Waals surface area contributed by atoms with E-state index in [4.69, 9.17) is 0 Å². The van der Waals surface area contributed by atoms with Gasteiger partial charge in [-0.3, -0.25) is 0 Å². The van der Waals surface area contributed by atoms with Gasteiger partial charge in [0.1, 0.15) is 11.6 Å². The van der Waals surface area contributed by atoms with Crippen molar-refractivity contribution in [3.05, 3.63) is 46.8 Å². The first-order valence-electron chi connectivity index (χ1n) is 4.11. The fourth-order valence-electron chi connectivity index (χ4n) is 1.18. The van der Waals surface area contributed by atoms with Crippen LogP contribution in [0.3, 0.4) is 0 Å². The molecule has 0 unspecified atom stereocenters. The molecule has 2 aromatic rings. The first kappa shape index (κ1) is 10.2. The van der Waals surface area contributed by atoms with Gasteiger partial charge in [-0.1, -0.05) is 0 Å². The Morgan fingerprint density at radius 3 is 2.67 bits per heavy atom. The van der Waals surface area contributed by atoms with E-state index in [2.05, 4.69) is 25.9 Å². The van der Waals surface area contributed by atoms with Crippen LogP contribution >= 0.6 is 15.9 Å². The van der Waals surface area contributed by atoms with Crippen LogP contribution in [0.25, 0.3) is 11.3 Å². The number of nitrogens with zero attached hydrogens (tertiary/aromatic N) is 2. The van der Waals surface area contributed by atoms with E-state index in [1.807, 2.05) is 0 Å². The summed E-state index contributed by atoms with van der Waals surface area (Å²) in [7, 11) is 0. The minimum absolute atomic E-state index is 0.123. The first-order valence-corrected chi connectivity index (χ1v) is 4.90. The van der Waals surface area contributed by atoms with Crippen molar-refractivity contribution in [1.82, 2.24) is 9.97 Å². The molecular weight excluding hydrogens is 266 g/mol. The minimum atomic E-state index is -0.512. The van der Waals surface area contributed by atoms with Crippen LogP contribution in [0, 0.1) is 11.6 Å². The zero-order valence-corrected chi connectivity index (χ0v) is 9.00. The van der Waals surface area contributed by atoms with Crippen LogP contribution in [0.15, 0.2) is 35.2 Å². The van der Waals surface area contributed by atoms with Crippen LogP contribution in [-0.4, -0.2) is 9.97 Å². The van der Waals surface area contributed by atoms with Gasteiger partial charge in [0.25, 0.3) is 0 Å². The molecule has 15 heavy (non-hydrogen) atoms. The van der Waals surface area contributed by atoms with Gasteiger partial charge in [0.15, 0.2) is 4.73 Å². The summed E-state index contributed by atoms with van der Waals surface area (Å²) in [6, 6.07) is 4.75. The van der Waals surface area contributed by atoms with Gasteiger partial charge in [0.05, 0.1) is 5.69 Å². The summed E-state index contributed by atoms with van der Waals surface area (Å²) in [6.45, 7) is 0. The zero-order valence-electron chi connectivity index (χ0n) is 7.42. The van der Waals surface area contributed by atoms with Crippen LogP contribution < -0.4 is 0 Å². The monoisotopic (exact) mass is 270 g/mol. The summed E-state index contributed by atoms with van der Waals surface area (Å²) in [4.78, 5) is 7.75. The third-order valence-electron chi connectivity index (χ3n) is 1.83. The van der Waals surface area contributed by atoms with E-state index in [1.54, 1.807) is 0 Å². The molecule has 0 aliphatic rings. The number of aromatic nitrogens is 2. The fourth-order valence-corrected chi connectivity index (χ4v) is 1.49. The smallest absolute Gasteiger partial charge is 0.197 e. The molecule has 76 valence electrons. The van der Waals surface area contributed by atoms with E-state index >= 15 is 0 Å². The van der Waals surface area contributed by atoms with Crippen LogP contribution in [0.5, 0.6) is 0 Å². The van der Waals surface area contributed by atoms with E-state index in [0.29, 0.717) is 10.4 Å². The second-order valence-corrected chi connectivity index (χ2v) is 3.54. The summed E-state index contributed by atoms with van der Waals surface area (Å²) in [5.74, 6) is -1.01. The van der Waals surface area contributed by atoms with E-state index in [1.165, 1.54) is 12.3 Å². The number of hydrogen-bond acceptors (Lipinski definition) is 2. The average molecular weight is 271 g/mol. The van der Waals surface area contributed by atoms with E-state index in [-0.39, 0.29) is 5.56 Å². The van der Waals surface area contributed by atoms with Crippen LogP contribution in [0.2, 0.25) is 0 Å². The molecule has 0 saturated heterocycles. The second kappa shape index (κ2) is 4.02. The summed E-state index contributed by atoms with van der Waals surface area (Å²) >= 11 is 3.06. The number of rotatable bonds is 1. The van der Waals surface area contributed by atoms with Crippen molar-refractivity contribution in [2.24, 2.45) is 0 Å². The summed E-state index contributed by atoms with van der Waals surface area (Å²) in [5, 5.41) is 0. The van der Waals surface area contributed by atoms with Gasteiger partial charge in [-0.25, -0.2) is 18.7 Å². The molecule has 0 radical (unpaired) electrons. The number of halogens is 3. The highest BCUT2D eigenvalue weighted by atomic mass is 79.9. The topological polar surface area (TPSA) is 25.8 Å². The van der Waals surface area contributed by atoms with Gasteiger partial charge in [0.2, 0.25) is 0 Å². The highest BCUT2D eigenvalue weighted by Gasteiger charge is 2.08. The Morgan fingerprint density at radius 2 is 1.93 bits per heavy atom. The van der Waals surface area contributed by atoms with Crippen LogP contribution in [0.4, 0.5) is 8.78 Å². The second-order valence-electron chi connectivity index (χ2n) is 2.84. The van der Waals surface area contributed by atoms with Crippen LogP contribution in [0.1, 0.15) is 0 Å². The Morgan fingerprint density at radius 1 is 1.13 bits per heavy atom. The molecular formula is C10H5BrF2N2. The lowest BCUT2D eigenvalue weighted by Crippen LogP contribution is -1.91. The quantitative estimate of drug-likeness (QED) is 0.744. The first-order chi connectivity index (χ1) is 7.16. The Bertz CT molecular complexity index is 503. The largest absolute Gasteiger partial charge is 0.231 e. The van der Waals surface area contributed by atoms with E-state index < -0.39 is 11.6 Å². The molecule has 1 aromatic carbocycles. The van der Waals surface area contributed by atoms with Gasteiger partial charge < -0.3 is 0 Å². The summed E-state index contributed by atoms with van der Waals surface area (Å²) in [5.41, 5.74) is 0.465. The molecule has 0 aliphatic heterocycles. The molecule has 0 fully saturated rings. The maximum atomic E-state index is 13.3. The van der Waals surface area contributed by atoms with E-state index in [9.17, 15) is 8.78 Å². The van der Waals surface area contributed by atoms with Crippen molar-refractivity contribution in [1.29, 1.82) is 0 Å². The number of hydrogen-bond donors (Lipinski definition) is 0. The lowest BCUT2D eigenvalue weighted by Gasteiger charge is -2.02. The fraction of sp³-hybridized carbons (Fsp3) is 0. The predicted molar refractivity (Wildman–Crippen MR) is 55.1 cm³/mol. The van der Waals surface area contributed by atoms with Crippen molar-refractivity contribution in [2.75, 3.05) is 0 Å². The molecule has 5 heteroatoms. The number of benzene rings is 1. The minimum Gasteiger partial charge on any atom is -0.231 e. The van der Waals surface area contributed by atoms with Gasteiger partial charge in [-0.2, -0.15) is 0 Å². The molecule has 0 aliphatic carbocycles. The lowest BCUT2D eigenvalue weighted by atomic mass is 10.1. The Kier molecular flexibility index (Phi) is 2.73. The molecule has 0 atom stereocenters. The molecule has 1 heterocycles. The molecule has 0 bridgehead atoms. The Balaban J connectivity index is 2.58. The molecule has 0 saturated carbocycles. The third-order valence-corrected chi connectivity index (χ3v) is 2.21. The van der Waals surface area contributed by atoms with Gasteiger partial charge in [-0.15, -0.1) is 0 Å². The van der Waals surface area contributed by atoms with Crippen molar-refractivity contribution >= 4 is 15.9 Å².